The maximum absolute atomic E-state index is 11.6. The summed E-state index contributed by atoms with van der Waals surface area (Å²) in [6, 6.07) is 0.192. The van der Waals surface area contributed by atoms with Gasteiger partial charge in [-0.05, 0) is 6.92 Å². The second kappa shape index (κ2) is 5.04. The van der Waals surface area contributed by atoms with Gasteiger partial charge in [0.2, 0.25) is 5.91 Å². The predicted octanol–water partition coefficient (Wildman–Crippen LogP) is -0.305. The minimum atomic E-state index is -0.161. The maximum atomic E-state index is 11.6. The van der Waals surface area contributed by atoms with E-state index in [1.54, 1.807) is 6.92 Å². The molecule has 0 saturated carbocycles. The molecule has 1 fully saturated rings. The molecule has 7 nitrogen and oxygen atoms in total. The summed E-state index contributed by atoms with van der Waals surface area (Å²) < 4.78 is 10.0. The molecule has 1 aromatic rings. The predicted molar refractivity (Wildman–Crippen MR) is 54.9 cm³/mol. The first-order valence-electron chi connectivity index (χ1n) is 5.15. The molecule has 1 aliphatic heterocycles. The second-order valence-corrected chi connectivity index (χ2v) is 3.63. The Bertz CT molecular complexity index is 359. The molecule has 0 spiro atoms. The highest BCUT2D eigenvalue weighted by molar-refractivity contribution is 5.88. The Morgan fingerprint density at radius 3 is 3.19 bits per heavy atom. The molecule has 1 saturated heterocycles. The van der Waals surface area contributed by atoms with E-state index >= 15 is 0 Å². The molecular weight excluding hydrogens is 212 g/mol. The molecule has 2 N–H and O–H groups in total. The zero-order chi connectivity index (χ0) is 11.4. The van der Waals surface area contributed by atoms with Gasteiger partial charge in [0.25, 0.3) is 0 Å². The van der Waals surface area contributed by atoms with E-state index < -0.39 is 0 Å². The maximum Gasteiger partial charge on any atom is 0.328 e. The van der Waals surface area contributed by atoms with Crippen LogP contribution in [0, 0.1) is 6.92 Å². The van der Waals surface area contributed by atoms with Gasteiger partial charge in [-0.3, -0.25) is 10.1 Å². The molecule has 1 amide bonds. The van der Waals surface area contributed by atoms with Crippen molar-refractivity contribution >= 4 is 11.9 Å². The number of carbonyl (C=O) groups is 1. The van der Waals surface area contributed by atoms with Gasteiger partial charge in [-0.25, -0.2) is 0 Å². The Balaban J connectivity index is 1.79. The van der Waals surface area contributed by atoms with Crippen molar-refractivity contribution in [2.24, 2.45) is 0 Å². The SMILES string of the molecule is Cc1noc(NC(=O)CC2COCCN2)n1. The molecule has 2 rings (SSSR count). The van der Waals surface area contributed by atoms with E-state index in [-0.39, 0.29) is 18.0 Å². The lowest BCUT2D eigenvalue weighted by atomic mass is 10.2. The molecule has 88 valence electrons. The zero-order valence-corrected chi connectivity index (χ0v) is 9.02. The van der Waals surface area contributed by atoms with Crippen LogP contribution < -0.4 is 10.6 Å². The number of aromatic nitrogens is 2. The van der Waals surface area contributed by atoms with Crippen LogP contribution in [0.3, 0.4) is 0 Å². The second-order valence-electron chi connectivity index (χ2n) is 3.63. The van der Waals surface area contributed by atoms with Crippen LogP contribution >= 0.6 is 0 Å². The van der Waals surface area contributed by atoms with Crippen molar-refractivity contribution in [3.05, 3.63) is 5.82 Å². The van der Waals surface area contributed by atoms with Gasteiger partial charge in [-0.1, -0.05) is 5.16 Å². The molecule has 0 aliphatic carbocycles. The third-order valence-electron chi connectivity index (χ3n) is 2.20. The molecule has 1 atom stereocenters. The van der Waals surface area contributed by atoms with Crippen LogP contribution in [0.15, 0.2) is 4.52 Å². The van der Waals surface area contributed by atoms with Gasteiger partial charge in [0.15, 0.2) is 5.82 Å². The monoisotopic (exact) mass is 226 g/mol. The molecule has 7 heteroatoms. The summed E-state index contributed by atoms with van der Waals surface area (Å²) in [5, 5.41) is 9.30. The Morgan fingerprint density at radius 1 is 1.69 bits per heavy atom. The van der Waals surface area contributed by atoms with Crippen LogP contribution in [0.1, 0.15) is 12.2 Å². The number of rotatable bonds is 3. The van der Waals surface area contributed by atoms with Gasteiger partial charge in [-0.15, -0.1) is 0 Å². The first kappa shape index (κ1) is 11.0. The summed E-state index contributed by atoms with van der Waals surface area (Å²) >= 11 is 0. The van der Waals surface area contributed by atoms with E-state index in [1.807, 2.05) is 0 Å². The molecule has 0 radical (unpaired) electrons. The summed E-state index contributed by atoms with van der Waals surface area (Å²) in [6.07, 6.45) is 0.335. The number of hydrogen-bond acceptors (Lipinski definition) is 6. The molecule has 2 heterocycles. The highest BCUT2D eigenvalue weighted by atomic mass is 16.5. The number of carbonyl (C=O) groups excluding carboxylic acids is 1. The standard InChI is InChI=1S/C9H14N4O3/c1-6-11-9(16-13-6)12-8(14)4-7-5-15-3-2-10-7/h7,10H,2-5H2,1H3,(H,11,12,13,14). The average Bonchev–Trinajstić information content (AvgIpc) is 2.65. The van der Waals surface area contributed by atoms with Gasteiger partial charge in [-0.2, -0.15) is 4.98 Å². The Labute approximate surface area is 92.5 Å². The van der Waals surface area contributed by atoms with Gasteiger partial charge >= 0.3 is 6.01 Å². The molecule has 0 bridgehead atoms. The zero-order valence-electron chi connectivity index (χ0n) is 9.02. The van der Waals surface area contributed by atoms with E-state index in [1.165, 1.54) is 0 Å². The van der Waals surface area contributed by atoms with Crippen LogP contribution in [0.5, 0.6) is 0 Å². The number of nitrogens with zero attached hydrogens (tertiary/aromatic N) is 2. The Kier molecular flexibility index (Phi) is 3.47. The first-order valence-corrected chi connectivity index (χ1v) is 5.15. The van der Waals surface area contributed by atoms with Crippen LogP contribution in [0.2, 0.25) is 0 Å². The fourth-order valence-corrected chi connectivity index (χ4v) is 1.49. The van der Waals surface area contributed by atoms with Crippen molar-refractivity contribution in [2.75, 3.05) is 25.1 Å². The fraction of sp³-hybridized carbons (Fsp3) is 0.667. The van der Waals surface area contributed by atoms with E-state index in [9.17, 15) is 4.79 Å². The number of anilines is 1. The number of hydrogen-bond donors (Lipinski definition) is 2. The molecule has 16 heavy (non-hydrogen) atoms. The number of nitrogens with one attached hydrogen (secondary N) is 2. The first-order chi connectivity index (χ1) is 7.74. The van der Waals surface area contributed by atoms with Crippen molar-refractivity contribution in [3.63, 3.8) is 0 Å². The van der Waals surface area contributed by atoms with Crippen LogP contribution in [0.25, 0.3) is 0 Å². The van der Waals surface area contributed by atoms with E-state index in [2.05, 4.69) is 20.8 Å². The largest absolute Gasteiger partial charge is 0.378 e. The number of aryl methyl sites for hydroxylation is 1. The minimum absolute atomic E-state index is 0.0535. The third kappa shape index (κ3) is 3.01. The van der Waals surface area contributed by atoms with Crippen molar-refractivity contribution in [3.8, 4) is 0 Å². The number of amides is 1. The highest BCUT2D eigenvalue weighted by Gasteiger charge is 2.18. The van der Waals surface area contributed by atoms with Crippen molar-refractivity contribution < 1.29 is 14.1 Å². The van der Waals surface area contributed by atoms with Gasteiger partial charge in [0.05, 0.1) is 13.2 Å². The van der Waals surface area contributed by atoms with Gasteiger partial charge in [0.1, 0.15) is 0 Å². The Hall–Kier alpha value is -1.47. The summed E-state index contributed by atoms with van der Waals surface area (Å²) in [5.41, 5.74) is 0. The normalized spacial score (nSPS) is 20.7. The quantitative estimate of drug-likeness (QED) is 0.735. The molecular formula is C9H14N4O3. The van der Waals surface area contributed by atoms with E-state index in [4.69, 9.17) is 9.26 Å². The summed E-state index contributed by atoms with van der Waals surface area (Å²) in [5.74, 6) is 0.334. The lowest BCUT2D eigenvalue weighted by molar-refractivity contribution is -0.117. The van der Waals surface area contributed by atoms with Crippen molar-refractivity contribution in [1.82, 2.24) is 15.5 Å². The van der Waals surface area contributed by atoms with Crippen molar-refractivity contribution in [2.45, 2.75) is 19.4 Å². The topological polar surface area (TPSA) is 89.3 Å². The lowest BCUT2D eigenvalue weighted by Gasteiger charge is -2.22. The molecule has 1 aromatic heterocycles. The van der Waals surface area contributed by atoms with Gasteiger partial charge < -0.3 is 14.6 Å². The van der Waals surface area contributed by atoms with Crippen LogP contribution in [0.4, 0.5) is 6.01 Å². The number of ether oxygens (including phenoxy) is 1. The van der Waals surface area contributed by atoms with Crippen molar-refractivity contribution in [1.29, 1.82) is 0 Å². The van der Waals surface area contributed by atoms with E-state index in [0.29, 0.717) is 25.5 Å². The fourth-order valence-electron chi connectivity index (χ4n) is 1.49. The van der Waals surface area contributed by atoms with Crippen LogP contribution in [-0.2, 0) is 9.53 Å². The van der Waals surface area contributed by atoms with Crippen LogP contribution in [-0.4, -0.2) is 41.8 Å². The number of morpholine rings is 1. The Morgan fingerprint density at radius 2 is 2.56 bits per heavy atom. The third-order valence-corrected chi connectivity index (χ3v) is 2.20. The highest BCUT2D eigenvalue weighted by Crippen LogP contribution is 2.05. The lowest BCUT2D eigenvalue weighted by Crippen LogP contribution is -2.43. The summed E-state index contributed by atoms with van der Waals surface area (Å²) in [7, 11) is 0. The summed E-state index contributed by atoms with van der Waals surface area (Å²) in [6.45, 7) is 3.71. The molecule has 0 aromatic carbocycles. The summed E-state index contributed by atoms with van der Waals surface area (Å²) in [4.78, 5) is 15.4. The molecule has 1 unspecified atom stereocenters. The van der Waals surface area contributed by atoms with Gasteiger partial charge in [0, 0.05) is 19.0 Å². The minimum Gasteiger partial charge on any atom is -0.378 e. The van der Waals surface area contributed by atoms with E-state index in [0.717, 1.165) is 6.54 Å². The smallest absolute Gasteiger partial charge is 0.328 e. The molecule has 1 aliphatic rings. The average molecular weight is 226 g/mol.